The third kappa shape index (κ3) is 3.04. The highest BCUT2D eigenvalue weighted by atomic mass is 127. The molecule has 0 fully saturated rings. The lowest BCUT2D eigenvalue weighted by atomic mass is 10.2. The van der Waals surface area contributed by atoms with Crippen molar-refractivity contribution in [3.8, 4) is 6.07 Å². The number of rotatable bonds is 2. The first-order valence-corrected chi connectivity index (χ1v) is 5.82. The monoisotopic (exact) mass is 337 g/mol. The van der Waals surface area contributed by atoms with Crippen LogP contribution in [0, 0.1) is 15.0 Å². The topological polar surface area (TPSA) is 87.6 Å². The number of hydrogen-bond donors (Lipinski definition) is 2. The van der Waals surface area contributed by atoms with E-state index in [1.165, 1.54) is 0 Å². The van der Waals surface area contributed by atoms with Crippen LogP contribution in [0.3, 0.4) is 0 Å². The molecule has 0 radical (unpaired) electrons. The number of nitrogens with zero attached hydrogens (tertiary/aromatic N) is 3. The van der Waals surface area contributed by atoms with E-state index in [0.29, 0.717) is 17.3 Å². The molecule has 0 unspecified atom stereocenters. The average molecular weight is 337 g/mol. The largest absolute Gasteiger partial charge is 0.384 e. The second kappa shape index (κ2) is 4.97. The van der Waals surface area contributed by atoms with Crippen LogP contribution >= 0.6 is 22.6 Å². The van der Waals surface area contributed by atoms with E-state index in [0.717, 1.165) is 9.39 Å². The molecule has 1 heterocycles. The first-order chi connectivity index (χ1) is 8.17. The van der Waals surface area contributed by atoms with E-state index in [9.17, 15) is 0 Å². The number of nitrogens with two attached hydrogens (primary N) is 1. The lowest BCUT2D eigenvalue weighted by molar-refractivity contribution is 1.15. The molecule has 0 saturated carbocycles. The van der Waals surface area contributed by atoms with E-state index < -0.39 is 0 Å². The Kier molecular flexibility index (Phi) is 3.39. The Balaban J connectivity index is 2.22. The highest BCUT2D eigenvalue weighted by Crippen LogP contribution is 2.15. The quantitative estimate of drug-likeness (QED) is 0.648. The minimum absolute atomic E-state index is 0.417. The molecule has 3 N–H and O–H groups in total. The molecule has 2 rings (SSSR count). The molecule has 1 aromatic carbocycles. The van der Waals surface area contributed by atoms with Crippen LogP contribution in [0.15, 0.2) is 30.3 Å². The first kappa shape index (κ1) is 11.6. The van der Waals surface area contributed by atoms with Gasteiger partial charge in [-0.05, 0) is 46.9 Å². The van der Waals surface area contributed by atoms with Gasteiger partial charge in [0.15, 0.2) is 0 Å². The van der Waals surface area contributed by atoms with Crippen LogP contribution < -0.4 is 11.1 Å². The van der Waals surface area contributed by atoms with E-state index in [2.05, 4.69) is 43.9 Å². The molecule has 0 atom stereocenters. The molecule has 6 heteroatoms. The molecular formula is C11H8IN5. The molecule has 0 spiro atoms. The molecular weight excluding hydrogens is 329 g/mol. The van der Waals surface area contributed by atoms with Crippen molar-refractivity contribution in [2.45, 2.75) is 0 Å². The van der Waals surface area contributed by atoms with Gasteiger partial charge >= 0.3 is 0 Å². The normalized spacial score (nSPS) is 9.65. The van der Waals surface area contributed by atoms with Crippen LogP contribution in [0.25, 0.3) is 0 Å². The van der Waals surface area contributed by atoms with Crippen LogP contribution in [0.5, 0.6) is 0 Å². The fourth-order valence-corrected chi connectivity index (χ4v) is 1.80. The summed E-state index contributed by atoms with van der Waals surface area (Å²) in [4.78, 5) is 8.25. The number of nitriles is 1. The summed E-state index contributed by atoms with van der Waals surface area (Å²) in [5.74, 6) is 0.861. The zero-order chi connectivity index (χ0) is 12.3. The van der Waals surface area contributed by atoms with E-state index in [1.54, 1.807) is 30.3 Å². The Bertz CT molecular complexity index is 553. The van der Waals surface area contributed by atoms with Gasteiger partial charge in [-0.2, -0.15) is 10.2 Å². The standard InChI is InChI=1S/C11H8IN5/c12-9-5-10(14)17-11(16-9)15-8-3-1-7(6-13)2-4-8/h1-5H,(H3,14,15,16,17). The summed E-state index contributed by atoms with van der Waals surface area (Å²) in [7, 11) is 0. The number of anilines is 3. The van der Waals surface area contributed by atoms with E-state index in [1.807, 2.05) is 0 Å². The molecule has 0 amide bonds. The molecule has 0 bridgehead atoms. The summed E-state index contributed by atoms with van der Waals surface area (Å²) in [6.45, 7) is 0. The predicted molar refractivity (Wildman–Crippen MR) is 73.6 cm³/mol. The number of halogens is 1. The number of hydrogen-bond acceptors (Lipinski definition) is 5. The van der Waals surface area contributed by atoms with Gasteiger partial charge in [0, 0.05) is 11.8 Å². The van der Waals surface area contributed by atoms with Crippen molar-refractivity contribution in [3.05, 3.63) is 39.6 Å². The minimum Gasteiger partial charge on any atom is -0.384 e. The van der Waals surface area contributed by atoms with Crippen molar-refractivity contribution in [1.29, 1.82) is 5.26 Å². The van der Waals surface area contributed by atoms with Gasteiger partial charge in [0.2, 0.25) is 5.95 Å². The van der Waals surface area contributed by atoms with Crippen LogP contribution in [0.4, 0.5) is 17.5 Å². The Hall–Kier alpha value is -1.88. The maximum absolute atomic E-state index is 8.68. The van der Waals surface area contributed by atoms with Crippen molar-refractivity contribution in [2.75, 3.05) is 11.1 Å². The second-order valence-corrected chi connectivity index (χ2v) is 4.36. The van der Waals surface area contributed by atoms with Crippen molar-refractivity contribution < 1.29 is 0 Å². The van der Waals surface area contributed by atoms with Gasteiger partial charge in [0.05, 0.1) is 11.6 Å². The molecule has 0 aliphatic heterocycles. The Morgan fingerprint density at radius 1 is 1.24 bits per heavy atom. The molecule has 5 nitrogen and oxygen atoms in total. The van der Waals surface area contributed by atoms with Gasteiger partial charge in [-0.3, -0.25) is 0 Å². The van der Waals surface area contributed by atoms with Crippen molar-refractivity contribution >= 4 is 40.0 Å². The Morgan fingerprint density at radius 3 is 2.53 bits per heavy atom. The Morgan fingerprint density at radius 2 is 1.94 bits per heavy atom. The Labute approximate surface area is 112 Å². The lowest BCUT2D eigenvalue weighted by Crippen LogP contribution is -2.01. The van der Waals surface area contributed by atoms with E-state index >= 15 is 0 Å². The van der Waals surface area contributed by atoms with Crippen molar-refractivity contribution in [1.82, 2.24) is 9.97 Å². The first-order valence-electron chi connectivity index (χ1n) is 4.74. The van der Waals surface area contributed by atoms with Gasteiger partial charge in [-0.15, -0.1) is 0 Å². The van der Waals surface area contributed by atoms with Crippen LogP contribution in [-0.4, -0.2) is 9.97 Å². The molecule has 17 heavy (non-hydrogen) atoms. The summed E-state index contributed by atoms with van der Waals surface area (Å²) in [6.07, 6.45) is 0. The highest BCUT2D eigenvalue weighted by molar-refractivity contribution is 14.1. The average Bonchev–Trinajstić information content (AvgIpc) is 2.28. The molecule has 2 aromatic rings. The number of benzene rings is 1. The van der Waals surface area contributed by atoms with Gasteiger partial charge in [0.1, 0.15) is 9.52 Å². The van der Waals surface area contributed by atoms with Gasteiger partial charge in [0.25, 0.3) is 0 Å². The van der Waals surface area contributed by atoms with E-state index in [4.69, 9.17) is 11.0 Å². The molecule has 0 aliphatic carbocycles. The molecule has 84 valence electrons. The third-order valence-electron chi connectivity index (χ3n) is 1.98. The van der Waals surface area contributed by atoms with Crippen molar-refractivity contribution in [2.24, 2.45) is 0 Å². The summed E-state index contributed by atoms with van der Waals surface area (Å²) < 4.78 is 0.770. The lowest BCUT2D eigenvalue weighted by Gasteiger charge is -2.05. The number of nitrogens with one attached hydrogen (secondary N) is 1. The molecule has 0 saturated heterocycles. The molecule has 0 aliphatic rings. The zero-order valence-electron chi connectivity index (χ0n) is 8.68. The second-order valence-electron chi connectivity index (χ2n) is 3.25. The summed E-state index contributed by atoms with van der Waals surface area (Å²) in [5.41, 5.74) is 7.04. The summed E-state index contributed by atoms with van der Waals surface area (Å²) >= 11 is 2.07. The third-order valence-corrected chi connectivity index (χ3v) is 2.54. The number of aromatic nitrogens is 2. The smallest absolute Gasteiger partial charge is 0.230 e. The minimum atomic E-state index is 0.417. The van der Waals surface area contributed by atoms with E-state index in [-0.39, 0.29) is 0 Å². The maximum Gasteiger partial charge on any atom is 0.230 e. The molecule has 1 aromatic heterocycles. The van der Waals surface area contributed by atoms with Crippen molar-refractivity contribution in [3.63, 3.8) is 0 Å². The zero-order valence-corrected chi connectivity index (χ0v) is 10.8. The van der Waals surface area contributed by atoms with Crippen LogP contribution in [0.1, 0.15) is 5.56 Å². The van der Waals surface area contributed by atoms with Gasteiger partial charge in [-0.25, -0.2) is 4.98 Å². The van der Waals surface area contributed by atoms with Crippen LogP contribution in [0.2, 0.25) is 0 Å². The van der Waals surface area contributed by atoms with Gasteiger partial charge in [-0.1, -0.05) is 0 Å². The van der Waals surface area contributed by atoms with Crippen LogP contribution in [-0.2, 0) is 0 Å². The maximum atomic E-state index is 8.68. The summed E-state index contributed by atoms with van der Waals surface area (Å²) in [5, 5.41) is 11.7. The fourth-order valence-electron chi connectivity index (χ4n) is 1.25. The summed E-state index contributed by atoms with van der Waals surface area (Å²) in [6, 6.07) is 10.8. The van der Waals surface area contributed by atoms with Gasteiger partial charge < -0.3 is 11.1 Å². The SMILES string of the molecule is N#Cc1ccc(Nc2nc(N)cc(I)n2)cc1. The number of nitrogen functional groups attached to an aromatic ring is 1. The predicted octanol–water partition coefficient (Wildman–Crippen LogP) is 2.28. The highest BCUT2D eigenvalue weighted by Gasteiger charge is 2.01. The fraction of sp³-hybridized carbons (Fsp3) is 0.